The van der Waals surface area contributed by atoms with E-state index >= 15 is 0 Å². The van der Waals surface area contributed by atoms with Gasteiger partial charge in [-0.1, -0.05) is 42.2 Å². The van der Waals surface area contributed by atoms with Crippen molar-refractivity contribution >= 4 is 6.21 Å². The smallest absolute Gasteiger partial charge is 0.130 e. The highest BCUT2D eigenvalue weighted by molar-refractivity contribution is 5.78. The standard InChI is InChI=1S/C14H15N5/c1-14(2,3)10-7-11-15-19-17-13(16-18-19)12-8-5-4-6-9-12/h4-6,8-9,11H,1-3H3/b15-11+. The highest BCUT2D eigenvalue weighted by Crippen LogP contribution is 2.11. The normalized spacial score (nSPS) is 11.3. The molecule has 5 heteroatoms. The lowest BCUT2D eigenvalue weighted by Gasteiger charge is -2.05. The maximum Gasteiger partial charge on any atom is 0.207 e. The van der Waals surface area contributed by atoms with E-state index in [1.807, 2.05) is 51.1 Å². The van der Waals surface area contributed by atoms with E-state index in [2.05, 4.69) is 32.4 Å². The fraction of sp³-hybridized carbons (Fsp3) is 0.286. The molecule has 2 rings (SSSR count). The monoisotopic (exact) mass is 253 g/mol. The van der Waals surface area contributed by atoms with Crippen molar-refractivity contribution in [3.8, 4) is 23.2 Å². The summed E-state index contributed by atoms with van der Waals surface area (Å²) in [5, 5.41) is 15.9. The van der Waals surface area contributed by atoms with Crippen LogP contribution in [0.15, 0.2) is 35.4 Å². The molecule has 0 radical (unpaired) electrons. The van der Waals surface area contributed by atoms with Gasteiger partial charge >= 0.3 is 0 Å². The molecule has 1 aromatic carbocycles. The molecule has 0 saturated carbocycles. The molecule has 2 aromatic rings. The van der Waals surface area contributed by atoms with Gasteiger partial charge in [-0.05, 0) is 30.9 Å². The first kappa shape index (κ1) is 13.0. The van der Waals surface area contributed by atoms with E-state index in [1.165, 1.54) is 11.1 Å². The summed E-state index contributed by atoms with van der Waals surface area (Å²) in [6, 6.07) is 9.63. The number of rotatable bonds is 2. The molecular formula is C14H15N5. The first-order valence-corrected chi connectivity index (χ1v) is 5.95. The van der Waals surface area contributed by atoms with Gasteiger partial charge in [0.15, 0.2) is 0 Å². The van der Waals surface area contributed by atoms with Gasteiger partial charge in [0.25, 0.3) is 0 Å². The molecule has 1 heterocycles. The lowest BCUT2D eigenvalue weighted by atomic mass is 9.98. The average Bonchev–Trinajstić information content (AvgIpc) is 2.83. The number of tetrazole rings is 1. The molecule has 0 aliphatic rings. The van der Waals surface area contributed by atoms with Crippen LogP contribution in [0.4, 0.5) is 0 Å². The Hall–Kier alpha value is -2.48. The van der Waals surface area contributed by atoms with Crippen molar-refractivity contribution in [2.24, 2.45) is 10.5 Å². The molecule has 96 valence electrons. The Morgan fingerprint density at radius 3 is 2.63 bits per heavy atom. The summed E-state index contributed by atoms with van der Waals surface area (Å²) >= 11 is 0. The van der Waals surface area contributed by atoms with Crippen molar-refractivity contribution in [3.05, 3.63) is 30.3 Å². The molecule has 0 amide bonds. The van der Waals surface area contributed by atoms with Crippen LogP contribution in [0.25, 0.3) is 11.4 Å². The second-order valence-corrected chi connectivity index (χ2v) is 5.01. The fourth-order valence-corrected chi connectivity index (χ4v) is 1.29. The number of nitrogens with zero attached hydrogens (tertiary/aromatic N) is 5. The fourth-order valence-electron chi connectivity index (χ4n) is 1.29. The number of hydrogen-bond acceptors (Lipinski definition) is 4. The van der Waals surface area contributed by atoms with E-state index in [9.17, 15) is 0 Å². The largest absolute Gasteiger partial charge is 0.207 e. The second-order valence-electron chi connectivity index (χ2n) is 5.01. The molecule has 0 atom stereocenters. The van der Waals surface area contributed by atoms with Gasteiger partial charge in [-0.25, -0.2) is 0 Å². The molecule has 0 aliphatic heterocycles. The van der Waals surface area contributed by atoms with Gasteiger partial charge in [0.2, 0.25) is 5.82 Å². The molecule has 0 fully saturated rings. The van der Waals surface area contributed by atoms with E-state index < -0.39 is 0 Å². The second kappa shape index (κ2) is 5.44. The van der Waals surface area contributed by atoms with E-state index in [1.54, 1.807) is 0 Å². The minimum absolute atomic E-state index is 0.0446. The van der Waals surface area contributed by atoms with Crippen LogP contribution >= 0.6 is 0 Å². The quantitative estimate of drug-likeness (QED) is 0.609. The van der Waals surface area contributed by atoms with E-state index in [4.69, 9.17) is 0 Å². The van der Waals surface area contributed by atoms with Crippen molar-refractivity contribution in [3.63, 3.8) is 0 Å². The third kappa shape index (κ3) is 4.03. The van der Waals surface area contributed by atoms with Crippen molar-refractivity contribution in [2.45, 2.75) is 20.8 Å². The molecule has 19 heavy (non-hydrogen) atoms. The van der Waals surface area contributed by atoms with Crippen LogP contribution in [0.1, 0.15) is 20.8 Å². The molecule has 1 aromatic heterocycles. The number of aromatic nitrogens is 4. The van der Waals surface area contributed by atoms with Gasteiger partial charge in [0.1, 0.15) is 6.21 Å². The Morgan fingerprint density at radius 2 is 1.95 bits per heavy atom. The van der Waals surface area contributed by atoms with Crippen molar-refractivity contribution < 1.29 is 0 Å². The van der Waals surface area contributed by atoms with Crippen LogP contribution < -0.4 is 0 Å². The third-order valence-electron chi connectivity index (χ3n) is 2.11. The summed E-state index contributed by atoms with van der Waals surface area (Å²) in [6.07, 6.45) is 1.47. The van der Waals surface area contributed by atoms with Gasteiger partial charge in [-0.3, -0.25) is 0 Å². The summed E-state index contributed by atoms with van der Waals surface area (Å²) in [7, 11) is 0. The Bertz CT molecular complexity index is 623. The Morgan fingerprint density at radius 1 is 1.21 bits per heavy atom. The van der Waals surface area contributed by atoms with Crippen molar-refractivity contribution in [1.82, 2.24) is 20.3 Å². The van der Waals surface area contributed by atoms with Gasteiger partial charge in [0, 0.05) is 11.0 Å². The summed E-state index contributed by atoms with van der Waals surface area (Å²) in [6.45, 7) is 6.11. The Balaban J connectivity index is 2.10. The van der Waals surface area contributed by atoms with Gasteiger partial charge in [0.05, 0.1) is 0 Å². The van der Waals surface area contributed by atoms with Crippen LogP contribution in [-0.2, 0) is 0 Å². The van der Waals surface area contributed by atoms with Crippen LogP contribution in [0.5, 0.6) is 0 Å². The lowest BCUT2D eigenvalue weighted by molar-refractivity contribution is 0.571. The lowest BCUT2D eigenvalue weighted by Crippen LogP contribution is -1.99. The average molecular weight is 253 g/mol. The third-order valence-corrected chi connectivity index (χ3v) is 2.11. The Labute approximate surface area is 112 Å². The predicted molar refractivity (Wildman–Crippen MR) is 74.4 cm³/mol. The topological polar surface area (TPSA) is 56.0 Å². The van der Waals surface area contributed by atoms with Crippen LogP contribution in [0.2, 0.25) is 0 Å². The summed E-state index contributed by atoms with van der Waals surface area (Å²) < 4.78 is 0. The van der Waals surface area contributed by atoms with Crippen LogP contribution in [0, 0.1) is 17.3 Å². The van der Waals surface area contributed by atoms with Gasteiger partial charge in [-0.15, -0.1) is 15.3 Å². The molecule has 0 bridgehead atoms. The molecule has 0 unspecified atom stereocenters. The maximum absolute atomic E-state index is 4.14. The van der Waals surface area contributed by atoms with E-state index in [-0.39, 0.29) is 5.41 Å². The zero-order valence-corrected chi connectivity index (χ0v) is 11.2. The van der Waals surface area contributed by atoms with Gasteiger partial charge < -0.3 is 0 Å². The highest BCUT2D eigenvalue weighted by Gasteiger charge is 2.04. The molecule has 5 nitrogen and oxygen atoms in total. The van der Waals surface area contributed by atoms with E-state index in [0.29, 0.717) is 5.82 Å². The summed E-state index contributed by atoms with van der Waals surface area (Å²) in [5.74, 6) is 6.44. The zero-order valence-electron chi connectivity index (χ0n) is 11.2. The summed E-state index contributed by atoms with van der Waals surface area (Å²) in [4.78, 5) is 1.17. The van der Waals surface area contributed by atoms with Crippen molar-refractivity contribution in [2.75, 3.05) is 0 Å². The van der Waals surface area contributed by atoms with Crippen LogP contribution in [-0.4, -0.2) is 26.5 Å². The molecule has 0 N–H and O–H groups in total. The number of hydrogen-bond donors (Lipinski definition) is 0. The molecular weight excluding hydrogens is 238 g/mol. The number of benzene rings is 1. The Kier molecular flexibility index (Phi) is 3.71. The minimum atomic E-state index is -0.0446. The SMILES string of the molecule is CC(C)(C)C#C/C=N/n1nnc(-c2ccccc2)n1. The minimum Gasteiger partial charge on any atom is -0.130 e. The maximum atomic E-state index is 4.14. The molecule has 0 spiro atoms. The first-order valence-electron chi connectivity index (χ1n) is 5.95. The molecule has 0 saturated heterocycles. The summed E-state index contributed by atoms with van der Waals surface area (Å²) in [5.41, 5.74) is 0.863. The van der Waals surface area contributed by atoms with Crippen molar-refractivity contribution in [1.29, 1.82) is 0 Å². The molecule has 0 aliphatic carbocycles. The van der Waals surface area contributed by atoms with E-state index in [0.717, 1.165) is 5.56 Å². The first-order chi connectivity index (χ1) is 9.04. The van der Waals surface area contributed by atoms with Crippen LogP contribution in [0.3, 0.4) is 0 Å². The highest BCUT2D eigenvalue weighted by atomic mass is 15.7. The predicted octanol–water partition coefficient (Wildman–Crippen LogP) is 2.22. The zero-order chi connectivity index (χ0) is 13.7. The van der Waals surface area contributed by atoms with Gasteiger partial charge in [-0.2, -0.15) is 0 Å².